The predicted octanol–water partition coefficient (Wildman–Crippen LogP) is 1.69. The summed E-state index contributed by atoms with van der Waals surface area (Å²) in [5.41, 5.74) is 5.79. The first kappa shape index (κ1) is 10.7. The lowest BCUT2D eigenvalue weighted by Crippen LogP contribution is -2.09. The minimum atomic E-state index is -2.52. The molecule has 0 unspecified atom stereocenters. The third-order valence-corrected chi connectivity index (χ3v) is 1.60. The van der Waals surface area contributed by atoms with Gasteiger partial charge >= 0.3 is 0 Å². The van der Waals surface area contributed by atoms with E-state index in [0.717, 1.165) is 0 Å². The molecule has 1 rings (SSSR count). The van der Waals surface area contributed by atoms with E-state index in [2.05, 4.69) is 5.10 Å². The largest absolute Gasteiger partial charge is 0.469 e. The molecule has 0 aliphatic rings. The number of alkyl halides is 2. The number of nitrogens with two attached hydrogens (primary N) is 1. The molecule has 0 aromatic carbocycles. The van der Waals surface area contributed by atoms with Crippen LogP contribution in [0.5, 0.6) is 5.88 Å². The molecule has 0 spiro atoms. The van der Waals surface area contributed by atoms with E-state index >= 15 is 0 Å². The maximum atomic E-state index is 11.8. The highest BCUT2D eigenvalue weighted by Crippen LogP contribution is 2.20. The Morgan fingerprint density at radius 1 is 1.57 bits per heavy atom. The molecule has 0 atom stereocenters. The van der Waals surface area contributed by atoms with Gasteiger partial charge in [0.25, 0.3) is 12.3 Å². The quantitative estimate of drug-likeness (QED) is 0.813. The Kier molecular flexibility index (Phi) is 3.27. The maximum Gasteiger partial charge on any atom is 0.272 e. The van der Waals surface area contributed by atoms with Crippen LogP contribution in [-0.2, 0) is 0 Å². The molecule has 80 valence electrons. The van der Waals surface area contributed by atoms with Gasteiger partial charge in [-0.1, -0.05) is 0 Å². The minimum absolute atomic E-state index is 0.0685. The number of hydrogen-bond donors (Lipinski definition) is 1. The summed E-state index contributed by atoms with van der Waals surface area (Å²) in [6.07, 6.45) is -0.954. The Balaban J connectivity index is 2.67. The van der Waals surface area contributed by atoms with Crippen LogP contribution < -0.4 is 10.5 Å². The van der Waals surface area contributed by atoms with Crippen LogP contribution in [0.3, 0.4) is 0 Å². The van der Waals surface area contributed by atoms with Crippen molar-refractivity contribution < 1.29 is 13.5 Å². The van der Waals surface area contributed by atoms with Gasteiger partial charge in [0.1, 0.15) is 5.69 Å². The lowest BCUT2D eigenvalue weighted by Gasteiger charge is -2.04. The molecule has 0 aliphatic heterocycles. The lowest BCUT2D eigenvalue weighted by atomic mass is 10.4. The van der Waals surface area contributed by atoms with Gasteiger partial charge in [-0.3, -0.25) is 4.68 Å². The molecule has 4 nitrogen and oxygen atoms in total. The zero-order valence-corrected chi connectivity index (χ0v) is 8.08. The molecule has 0 saturated carbocycles. The summed E-state index contributed by atoms with van der Waals surface area (Å²) in [7, 11) is 0. The molecule has 6 heteroatoms. The molecule has 0 bridgehead atoms. The Labute approximate surface area is 80.6 Å². The summed E-state index contributed by atoms with van der Waals surface area (Å²) in [5.74, 6) is 0.0685. The number of rotatable bonds is 4. The van der Waals surface area contributed by atoms with Crippen LogP contribution in [0.25, 0.3) is 0 Å². The fourth-order valence-corrected chi connectivity index (χ4v) is 0.908. The molecule has 1 aromatic heterocycles. The number of halogens is 2. The third-order valence-electron chi connectivity index (χ3n) is 1.60. The fourth-order valence-electron chi connectivity index (χ4n) is 0.908. The monoisotopic (exact) mass is 205 g/mol. The van der Waals surface area contributed by atoms with Crippen LogP contribution in [-0.4, -0.2) is 22.8 Å². The van der Waals surface area contributed by atoms with Crippen molar-refractivity contribution in [1.29, 1.82) is 0 Å². The first-order chi connectivity index (χ1) is 6.50. The summed E-state index contributed by atoms with van der Waals surface area (Å²) in [6, 6.07) is 0.126. The highest BCUT2D eigenvalue weighted by atomic mass is 19.3. The van der Waals surface area contributed by atoms with Crippen LogP contribution in [0.2, 0.25) is 0 Å². The molecule has 14 heavy (non-hydrogen) atoms. The SMILES string of the molecule is CC(C)n1cc(N)c(OCC(F)F)n1. The van der Waals surface area contributed by atoms with E-state index in [1.54, 1.807) is 10.9 Å². The normalized spacial score (nSPS) is 11.3. The topological polar surface area (TPSA) is 53.1 Å². The predicted molar refractivity (Wildman–Crippen MR) is 48.5 cm³/mol. The van der Waals surface area contributed by atoms with Crippen molar-refractivity contribution in [2.75, 3.05) is 12.3 Å². The van der Waals surface area contributed by atoms with Gasteiger partial charge in [0, 0.05) is 6.04 Å². The van der Waals surface area contributed by atoms with E-state index in [0.29, 0.717) is 0 Å². The van der Waals surface area contributed by atoms with Gasteiger partial charge in [-0.2, -0.15) is 0 Å². The number of ether oxygens (including phenoxy) is 1. The smallest absolute Gasteiger partial charge is 0.272 e. The molecule has 0 fully saturated rings. The average Bonchev–Trinajstić information content (AvgIpc) is 2.43. The molecule has 0 saturated heterocycles. The van der Waals surface area contributed by atoms with Gasteiger partial charge in [0.15, 0.2) is 6.61 Å². The van der Waals surface area contributed by atoms with Crippen molar-refractivity contribution in [3.8, 4) is 5.88 Å². The second-order valence-corrected chi connectivity index (χ2v) is 3.17. The van der Waals surface area contributed by atoms with Gasteiger partial charge in [-0.25, -0.2) is 8.78 Å². The Bertz CT molecular complexity index is 299. The number of nitrogen functional groups attached to an aromatic ring is 1. The molecule has 1 heterocycles. The second kappa shape index (κ2) is 4.26. The number of anilines is 1. The van der Waals surface area contributed by atoms with Crippen LogP contribution in [0.1, 0.15) is 19.9 Å². The zero-order valence-electron chi connectivity index (χ0n) is 8.08. The van der Waals surface area contributed by atoms with E-state index in [-0.39, 0.29) is 17.6 Å². The van der Waals surface area contributed by atoms with E-state index in [1.807, 2.05) is 13.8 Å². The first-order valence-electron chi connectivity index (χ1n) is 4.26. The summed E-state index contributed by atoms with van der Waals surface area (Å²) < 4.78 is 29.9. The molecule has 0 amide bonds. The maximum absolute atomic E-state index is 11.8. The van der Waals surface area contributed by atoms with Crippen molar-refractivity contribution in [3.05, 3.63) is 6.20 Å². The standard InChI is InChI=1S/C8H13F2N3O/c1-5(2)13-3-6(11)8(12-13)14-4-7(9)10/h3,5,7H,4,11H2,1-2H3. The zero-order chi connectivity index (χ0) is 10.7. The summed E-state index contributed by atoms with van der Waals surface area (Å²) in [6.45, 7) is 3.13. The second-order valence-electron chi connectivity index (χ2n) is 3.17. The number of aromatic nitrogens is 2. The van der Waals surface area contributed by atoms with Crippen LogP contribution >= 0.6 is 0 Å². The minimum Gasteiger partial charge on any atom is -0.469 e. The van der Waals surface area contributed by atoms with Crippen LogP contribution in [0, 0.1) is 0 Å². The summed E-state index contributed by atoms with van der Waals surface area (Å²) in [4.78, 5) is 0. The Morgan fingerprint density at radius 3 is 2.64 bits per heavy atom. The van der Waals surface area contributed by atoms with Gasteiger partial charge in [0.2, 0.25) is 0 Å². The molecule has 0 radical (unpaired) electrons. The van der Waals surface area contributed by atoms with Gasteiger partial charge < -0.3 is 10.5 Å². The summed E-state index contributed by atoms with van der Waals surface area (Å²) >= 11 is 0. The lowest BCUT2D eigenvalue weighted by molar-refractivity contribution is 0.0795. The third kappa shape index (κ3) is 2.58. The number of hydrogen-bond acceptors (Lipinski definition) is 3. The van der Waals surface area contributed by atoms with E-state index < -0.39 is 13.0 Å². The molecular weight excluding hydrogens is 192 g/mol. The van der Waals surface area contributed by atoms with Gasteiger partial charge in [0.05, 0.1) is 6.20 Å². The molecule has 1 aromatic rings. The number of nitrogens with zero attached hydrogens (tertiary/aromatic N) is 2. The van der Waals surface area contributed by atoms with Crippen LogP contribution in [0.15, 0.2) is 6.20 Å². The Hall–Kier alpha value is -1.33. The van der Waals surface area contributed by atoms with Crippen molar-refractivity contribution in [3.63, 3.8) is 0 Å². The van der Waals surface area contributed by atoms with E-state index in [4.69, 9.17) is 10.5 Å². The van der Waals surface area contributed by atoms with Crippen LogP contribution in [0.4, 0.5) is 14.5 Å². The van der Waals surface area contributed by atoms with Crippen molar-refractivity contribution >= 4 is 5.69 Å². The fraction of sp³-hybridized carbons (Fsp3) is 0.625. The summed E-state index contributed by atoms with van der Waals surface area (Å²) in [5, 5.41) is 3.92. The van der Waals surface area contributed by atoms with Crippen molar-refractivity contribution in [1.82, 2.24) is 9.78 Å². The van der Waals surface area contributed by atoms with Crippen molar-refractivity contribution in [2.24, 2.45) is 0 Å². The Morgan fingerprint density at radius 2 is 2.21 bits per heavy atom. The van der Waals surface area contributed by atoms with Crippen molar-refractivity contribution in [2.45, 2.75) is 26.3 Å². The van der Waals surface area contributed by atoms with Gasteiger partial charge in [-0.15, -0.1) is 5.10 Å². The average molecular weight is 205 g/mol. The first-order valence-corrected chi connectivity index (χ1v) is 4.26. The highest BCUT2D eigenvalue weighted by molar-refractivity contribution is 5.45. The molecule has 0 aliphatic carbocycles. The van der Waals surface area contributed by atoms with Gasteiger partial charge in [-0.05, 0) is 13.8 Å². The van der Waals surface area contributed by atoms with E-state index in [9.17, 15) is 8.78 Å². The molecular formula is C8H13F2N3O. The molecule has 2 N–H and O–H groups in total. The van der Waals surface area contributed by atoms with E-state index in [1.165, 1.54) is 0 Å². The highest BCUT2D eigenvalue weighted by Gasteiger charge is 2.11.